The van der Waals surface area contributed by atoms with Gasteiger partial charge in [0, 0.05) is 6.20 Å². The maximum Gasteiger partial charge on any atom is 0.337 e. The van der Waals surface area contributed by atoms with Crippen LogP contribution in [0.25, 0.3) is 17.0 Å². The fraction of sp³-hybridized carbons (Fsp3) is 0. The number of carboxylic acid groups (broad SMARTS) is 1. The van der Waals surface area contributed by atoms with E-state index in [0.717, 1.165) is 0 Å². The number of nitrogens with zero attached hydrogens (tertiary/aromatic N) is 3. The quantitative estimate of drug-likeness (QED) is 0.745. The van der Waals surface area contributed by atoms with Gasteiger partial charge in [0.15, 0.2) is 11.5 Å². The van der Waals surface area contributed by atoms with E-state index in [1.807, 2.05) is 0 Å². The molecule has 0 aliphatic rings. The molecule has 0 unspecified atom stereocenters. The minimum atomic E-state index is -1.12. The van der Waals surface area contributed by atoms with Crippen LogP contribution in [0.3, 0.4) is 0 Å². The summed E-state index contributed by atoms with van der Waals surface area (Å²) in [6.07, 6.45) is 1.28. The zero-order valence-electron chi connectivity index (χ0n) is 9.99. The number of fused-ring (bicyclic) bond motifs is 1. The van der Waals surface area contributed by atoms with E-state index in [1.165, 1.54) is 40.9 Å². The SMILES string of the molecule is O=C(O)c1ccc2nnc(-c3c(O)cccc3F)n2c1. The molecule has 20 heavy (non-hydrogen) atoms. The Morgan fingerprint density at radius 2 is 2.00 bits per heavy atom. The number of phenols is 1. The average molecular weight is 273 g/mol. The number of phenolic OH excluding ortho intramolecular Hbond substituents is 1. The number of carboxylic acids is 1. The number of aromatic hydroxyl groups is 1. The Kier molecular flexibility index (Phi) is 2.60. The molecule has 0 aliphatic carbocycles. The Balaban J connectivity index is 2.31. The number of benzene rings is 1. The molecule has 0 saturated heterocycles. The van der Waals surface area contributed by atoms with E-state index in [2.05, 4.69) is 10.2 Å². The van der Waals surface area contributed by atoms with E-state index in [0.29, 0.717) is 5.65 Å². The van der Waals surface area contributed by atoms with Crippen molar-refractivity contribution in [2.24, 2.45) is 0 Å². The van der Waals surface area contributed by atoms with Crippen LogP contribution >= 0.6 is 0 Å². The highest BCUT2D eigenvalue weighted by atomic mass is 19.1. The first-order valence-corrected chi connectivity index (χ1v) is 5.64. The van der Waals surface area contributed by atoms with E-state index < -0.39 is 11.8 Å². The van der Waals surface area contributed by atoms with Gasteiger partial charge in [0.05, 0.1) is 11.1 Å². The minimum absolute atomic E-state index is 0.00868. The molecule has 3 rings (SSSR count). The van der Waals surface area contributed by atoms with E-state index in [-0.39, 0.29) is 22.7 Å². The van der Waals surface area contributed by atoms with Gasteiger partial charge in [-0.25, -0.2) is 9.18 Å². The summed E-state index contributed by atoms with van der Waals surface area (Å²) in [5, 5.41) is 26.4. The summed E-state index contributed by atoms with van der Waals surface area (Å²) in [6, 6.07) is 6.69. The van der Waals surface area contributed by atoms with Gasteiger partial charge in [0.25, 0.3) is 0 Å². The molecule has 0 spiro atoms. The molecule has 100 valence electrons. The Morgan fingerprint density at radius 3 is 2.70 bits per heavy atom. The van der Waals surface area contributed by atoms with Crippen molar-refractivity contribution in [1.82, 2.24) is 14.6 Å². The highest BCUT2D eigenvalue weighted by Gasteiger charge is 2.17. The second-order valence-electron chi connectivity index (χ2n) is 4.11. The van der Waals surface area contributed by atoms with Crippen molar-refractivity contribution >= 4 is 11.6 Å². The molecule has 1 aromatic carbocycles. The fourth-order valence-electron chi connectivity index (χ4n) is 1.92. The third-order valence-electron chi connectivity index (χ3n) is 2.86. The molecule has 0 amide bonds. The lowest BCUT2D eigenvalue weighted by atomic mass is 10.1. The lowest BCUT2D eigenvalue weighted by Gasteiger charge is -2.04. The molecule has 2 aromatic heterocycles. The lowest BCUT2D eigenvalue weighted by molar-refractivity contribution is 0.0696. The van der Waals surface area contributed by atoms with Gasteiger partial charge in [-0.05, 0) is 24.3 Å². The third kappa shape index (κ3) is 1.76. The molecule has 0 fully saturated rings. The number of carbonyl (C=O) groups is 1. The van der Waals surface area contributed by atoms with Crippen LogP contribution < -0.4 is 0 Å². The maximum atomic E-state index is 13.8. The van der Waals surface area contributed by atoms with Crippen LogP contribution in [0.4, 0.5) is 4.39 Å². The van der Waals surface area contributed by atoms with Crippen LogP contribution in [0.1, 0.15) is 10.4 Å². The average Bonchev–Trinajstić information content (AvgIpc) is 2.81. The number of aromatic carboxylic acids is 1. The van der Waals surface area contributed by atoms with E-state index in [1.54, 1.807) is 0 Å². The summed E-state index contributed by atoms with van der Waals surface area (Å²) in [5.41, 5.74) is 0.240. The molecule has 6 nitrogen and oxygen atoms in total. The van der Waals surface area contributed by atoms with Gasteiger partial charge < -0.3 is 10.2 Å². The van der Waals surface area contributed by atoms with Crippen LogP contribution in [-0.4, -0.2) is 30.8 Å². The molecule has 0 bridgehead atoms. The normalized spacial score (nSPS) is 10.8. The molecule has 0 saturated carbocycles. The largest absolute Gasteiger partial charge is 0.507 e. The standard InChI is InChI=1S/C13H8FN3O3/c14-8-2-1-3-9(18)11(8)12-16-15-10-5-4-7(13(19)20)6-17(10)12/h1-6,18H,(H,19,20). The number of hydrogen-bond donors (Lipinski definition) is 2. The maximum absolute atomic E-state index is 13.8. The first-order valence-electron chi connectivity index (χ1n) is 5.64. The van der Waals surface area contributed by atoms with Crippen LogP contribution in [0, 0.1) is 5.82 Å². The summed E-state index contributed by atoms with van der Waals surface area (Å²) in [5.74, 6) is -2.04. The number of rotatable bonds is 2. The van der Waals surface area contributed by atoms with E-state index in [9.17, 15) is 14.3 Å². The molecule has 2 N–H and O–H groups in total. The molecule has 3 aromatic rings. The van der Waals surface area contributed by atoms with E-state index in [4.69, 9.17) is 5.11 Å². The molecule has 2 heterocycles. The van der Waals surface area contributed by atoms with Gasteiger partial charge in [0.2, 0.25) is 0 Å². The predicted octanol–water partition coefficient (Wildman–Crippen LogP) is 1.94. The second-order valence-corrected chi connectivity index (χ2v) is 4.11. The Bertz CT molecular complexity index is 809. The Hall–Kier alpha value is -2.96. The number of hydrogen-bond acceptors (Lipinski definition) is 4. The molecule has 7 heteroatoms. The highest BCUT2D eigenvalue weighted by molar-refractivity contribution is 5.87. The Labute approximate surface area is 111 Å². The summed E-state index contributed by atoms with van der Waals surface area (Å²) < 4.78 is 15.2. The van der Waals surface area contributed by atoms with Gasteiger partial charge >= 0.3 is 5.97 Å². The van der Waals surface area contributed by atoms with Gasteiger partial charge in [-0.2, -0.15) is 0 Å². The van der Waals surface area contributed by atoms with Crippen molar-refractivity contribution in [2.45, 2.75) is 0 Å². The van der Waals surface area contributed by atoms with Gasteiger partial charge in [0.1, 0.15) is 11.6 Å². The first kappa shape index (κ1) is 12.1. The highest BCUT2D eigenvalue weighted by Crippen LogP contribution is 2.30. The minimum Gasteiger partial charge on any atom is -0.507 e. The lowest BCUT2D eigenvalue weighted by Crippen LogP contribution is -2.00. The zero-order chi connectivity index (χ0) is 14.3. The van der Waals surface area contributed by atoms with Crippen LogP contribution in [0.2, 0.25) is 0 Å². The van der Waals surface area contributed by atoms with Crippen molar-refractivity contribution < 1.29 is 19.4 Å². The van der Waals surface area contributed by atoms with Gasteiger partial charge in [-0.15, -0.1) is 10.2 Å². The third-order valence-corrected chi connectivity index (χ3v) is 2.86. The summed E-state index contributed by atoms with van der Waals surface area (Å²) >= 11 is 0. The summed E-state index contributed by atoms with van der Waals surface area (Å²) in [6.45, 7) is 0. The van der Waals surface area contributed by atoms with Crippen molar-refractivity contribution in [3.05, 3.63) is 47.9 Å². The molecule has 0 radical (unpaired) electrons. The van der Waals surface area contributed by atoms with Crippen molar-refractivity contribution in [1.29, 1.82) is 0 Å². The van der Waals surface area contributed by atoms with Gasteiger partial charge in [-0.1, -0.05) is 6.07 Å². The fourth-order valence-corrected chi connectivity index (χ4v) is 1.92. The second kappa shape index (κ2) is 4.30. The van der Waals surface area contributed by atoms with Crippen LogP contribution in [0.5, 0.6) is 5.75 Å². The zero-order valence-corrected chi connectivity index (χ0v) is 9.99. The smallest absolute Gasteiger partial charge is 0.337 e. The molecule has 0 aliphatic heterocycles. The predicted molar refractivity (Wildman–Crippen MR) is 67.0 cm³/mol. The van der Waals surface area contributed by atoms with Crippen molar-refractivity contribution in [3.8, 4) is 17.1 Å². The van der Waals surface area contributed by atoms with Crippen molar-refractivity contribution in [2.75, 3.05) is 0 Å². The van der Waals surface area contributed by atoms with Gasteiger partial charge in [-0.3, -0.25) is 4.40 Å². The monoisotopic (exact) mass is 273 g/mol. The molecular formula is C13H8FN3O3. The number of halogens is 1. The number of aromatic nitrogens is 3. The summed E-state index contributed by atoms with van der Waals surface area (Å²) in [7, 11) is 0. The van der Waals surface area contributed by atoms with Crippen LogP contribution in [0.15, 0.2) is 36.5 Å². The first-order chi connectivity index (χ1) is 9.58. The van der Waals surface area contributed by atoms with E-state index >= 15 is 0 Å². The Morgan fingerprint density at radius 1 is 1.20 bits per heavy atom. The number of pyridine rings is 1. The summed E-state index contributed by atoms with van der Waals surface area (Å²) in [4.78, 5) is 11.0. The molecule has 0 atom stereocenters. The molecular weight excluding hydrogens is 265 g/mol. The topological polar surface area (TPSA) is 87.7 Å². The van der Waals surface area contributed by atoms with Crippen LogP contribution in [-0.2, 0) is 0 Å². The van der Waals surface area contributed by atoms with Crippen molar-refractivity contribution in [3.63, 3.8) is 0 Å².